The van der Waals surface area contributed by atoms with Crippen LogP contribution in [-0.2, 0) is 14.8 Å². The van der Waals surface area contributed by atoms with E-state index >= 15 is 0 Å². The summed E-state index contributed by atoms with van der Waals surface area (Å²) >= 11 is 0. The number of amides is 1. The third-order valence-corrected chi connectivity index (χ3v) is 4.15. The van der Waals surface area contributed by atoms with Gasteiger partial charge in [-0.1, -0.05) is 12.1 Å². The lowest BCUT2D eigenvalue weighted by Gasteiger charge is -2.26. The predicted molar refractivity (Wildman–Crippen MR) is 98.2 cm³/mol. The van der Waals surface area contributed by atoms with E-state index in [4.69, 9.17) is 10.5 Å². The molecule has 6 nitrogen and oxygen atoms in total. The molecule has 0 radical (unpaired) electrons. The first-order chi connectivity index (χ1) is 12.4. The predicted octanol–water partition coefficient (Wildman–Crippen LogP) is 3.41. The maximum atomic E-state index is 11.6. The van der Waals surface area contributed by atoms with E-state index < -0.39 is 0 Å². The zero-order valence-corrected chi connectivity index (χ0v) is 15.9. The molecule has 1 aromatic rings. The highest BCUT2D eigenvalue weighted by molar-refractivity contribution is 5.46. The first kappa shape index (κ1) is 22.3. The van der Waals surface area contributed by atoms with Gasteiger partial charge in [-0.25, -0.2) is 0 Å². The van der Waals surface area contributed by atoms with Gasteiger partial charge in [0.25, 0.3) is 0 Å². The number of ether oxygens (including phenoxy) is 1. The van der Waals surface area contributed by atoms with E-state index in [0.717, 1.165) is 31.4 Å². The second-order valence-electron chi connectivity index (χ2n) is 7.12. The number of halogens is 1. The third-order valence-electron chi connectivity index (χ3n) is 4.15. The Morgan fingerprint density at radius 1 is 1.23 bits per heavy atom. The van der Waals surface area contributed by atoms with Crippen molar-refractivity contribution >= 4 is 6.41 Å². The summed E-state index contributed by atoms with van der Waals surface area (Å²) in [5, 5.41) is 5.73. The highest BCUT2D eigenvalue weighted by Crippen LogP contribution is 2.34. The number of nitrogens with two attached hydrogens (primary N) is 1. The molecule has 0 heterocycles. The Bertz CT molecular complexity index is 497. The molecule has 0 aromatic heterocycles. The van der Waals surface area contributed by atoms with Crippen LogP contribution < -0.4 is 15.8 Å². The average molecular weight is 370 g/mol. The van der Waals surface area contributed by atoms with Crippen LogP contribution in [0.1, 0.15) is 57.9 Å². The van der Waals surface area contributed by atoms with Crippen LogP contribution in [0.25, 0.3) is 0 Å². The summed E-state index contributed by atoms with van der Waals surface area (Å²) in [6.07, 6.45) is 4.22. The monoisotopic (exact) mass is 370 g/mol. The van der Waals surface area contributed by atoms with Crippen LogP contribution in [0.4, 0.5) is 4.53 Å². The fourth-order valence-electron chi connectivity index (χ4n) is 2.85. The molecule has 0 atom stereocenters. The van der Waals surface area contributed by atoms with Crippen LogP contribution in [0.2, 0.25) is 0 Å². The van der Waals surface area contributed by atoms with Gasteiger partial charge in [-0.15, -0.1) is 0 Å². The second kappa shape index (κ2) is 11.8. The van der Waals surface area contributed by atoms with Gasteiger partial charge in [-0.2, -0.15) is 4.89 Å². The van der Waals surface area contributed by atoms with Crippen molar-refractivity contribution in [1.82, 2.24) is 5.32 Å². The molecule has 7 heteroatoms. The molecule has 1 saturated carbocycles. The Hall–Kier alpha value is -1.70. The minimum Gasteiger partial charge on any atom is -0.494 e. The minimum absolute atomic E-state index is 0.103. The van der Waals surface area contributed by atoms with Crippen molar-refractivity contribution < 1.29 is 24.0 Å². The maximum Gasteiger partial charge on any atom is 0.207 e. The van der Waals surface area contributed by atoms with Crippen molar-refractivity contribution in [3.05, 3.63) is 29.8 Å². The van der Waals surface area contributed by atoms with Gasteiger partial charge in [-0.05, 0) is 79.7 Å². The summed E-state index contributed by atoms with van der Waals surface area (Å²) < 4.78 is 17.0. The van der Waals surface area contributed by atoms with Crippen molar-refractivity contribution in [1.29, 1.82) is 0 Å². The molecule has 1 fully saturated rings. The molecule has 0 saturated heterocycles. The number of hydrogen-bond donors (Lipinski definition) is 2. The number of benzene rings is 1. The molecule has 1 amide bonds. The van der Waals surface area contributed by atoms with E-state index in [1.807, 2.05) is 32.9 Å². The van der Waals surface area contributed by atoms with Gasteiger partial charge in [-0.3, -0.25) is 4.79 Å². The van der Waals surface area contributed by atoms with Crippen LogP contribution in [0, 0.1) is 0 Å². The standard InChI is InChI=1S/C14H19FO3.C5H12N2O/c1-2-16-13-7-3-11(4-8-13)12-5-9-14(10-6-12)17-18-15;1-5(2,6)3-7-4-8/h3-4,7-8,12,14H,2,5-6,9-10H2,1H3;4H,3,6H2,1-2H3,(H,7,8). The topological polar surface area (TPSA) is 82.8 Å². The van der Waals surface area contributed by atoms with E-state index in [0.29, 0.717) is 25.5 Å². The summed E-state index contributed by atoms with van der Waals surface area (Å²) in [7, 11) is 0. The van der Waals surface area contributed by atoms with Crippen molar-refractivity contribution in [3.63, 3.8) is 0 Å². The zero-order chi connectivity index (χ0) is 19.4. The average Bonchev–Trinajstić information content (AvgIpc) is 2.62. The molecular weight excluding hydrogens is 339 g/mol. The first-order valence-electron chi connectivity index (χ1n) is 9.02. The second-order valence-corrected chi connectivity index (χ2v) is 7.12. The zero-order valence-electron chi connectivity index (χ0n) is 15.9. The molecule has 148 valence electrons. The van der Waals surface area contributed by atoms with Gasteiger partial charge in [0.05, 0.1) is 12.7 Å². The van der Waals surface area contributed by atoms with E-state index in [1.165, 1.54) is 5.56 Å². The number of rotatable bonds is 8. The van der Waals surface area contributed by atoms with Crippen LogP contribution >= 0.6 is 0 Å². The lowest BCUT2D eigenvalue weighted by atomic mass is 9.83. The molecule has 26 heavy (non-hydrogen) atoms. The van der Waals surface area contributed by atoms with Gasteiger partial charge >= 0.3 is 0 Å². The van der Waals surface area contributed by atoms with Crippen LogP contribution in [0.5, 0.6) is 5.75 Å². The Kier molecular flexibility index (Phi) is 10.2. The number of carbonyl (C=O) groups is 1. The number of hydrogen-bond acceptors (Lipinski definition) is 5. The highest BCUT2D eigenvalue weighted by atomic mass is 19.3. The summed E-state index contributed by atoms with van der Waals surface area (Å²) in [6.45, 7) is 6.89. The fraction of sp³-hybridized carbons (Fsp3) is 0.632. The summed E-state index contributed by atoms with van der Waals surface area (Å²) in [5.41, 5.74) is 6.53. The molecule has 3 N–H and O–H groups in total. The Balaban J connectivity index is 0.000000359. The van der Waals surface area contributed by atoms with Crippen molar-refractivity contribution in [2.75, 3.05) is 13.2 Å². The van der Waals surface area contributed by atoms with Crippen molar-refractivity contribution in [2.24, 2.45) is 5.73 Å². The van der Waals surface area contributed by atoms with Crippen LogP contribution in [0.3, 0.4) is 0 Å². The van der Waals surface area contributed by atoms with E-state index in [1.54, 1.807) is 0 Å². The lowest BCUT2D eigenvalue weighted by molar-refractivity contribution is -0.451. The van der Waals surface area contributed by atoms with Crippen LogP contribution in [0.15, 0.2) is 24.3 Å². The van der Waals surface area contributed by atoms with Gasteiger partial charge in [0.1, 0.15) is 5.75 Å². The van der Waals surface area contributed by atoms with E-state index in [-0.39, 0.29) is 11.6 Å². The number of nitrogens with one attached hydrogen (secondary N) is 1. The lowest BCUT2D eigenvalue weighted by Crippen LogP contribution is -2.42. The quantitative estimate of drug-likeness (QED) is 0.416. The summed E-state index contributed by atoms with van der Waals surface area (Å²) in [5.74, 6) is 1.43. The van der Waals surface area contributed by atoms with Gasteiger partial charge in [0, 0.05) is 12.1 Å². The maximum absolute atomic E-state index is 11.6. The third kappa shape index (κ3) is 9.12. The van der Waals surface area contributed by atoms with Gasteiger partial charge in [0.15, 0.2) is 0 Å². The molecule has 0 spiro atoms. The van der Waals surface area contributed by atoms with Crippen molar-refractivity contribution in [3.8, 4) is 5.75 Å². The molecule has 1 aromatic carbocycles. The smallest absolute Gasteiger partial charge is 0.207 e. The fourth-order valence-corrected chi connectivity index (χ4v) is 2.85. The molecule has 1 aliphatic carbocycles. The molecule has 1 aliphatic rings. The summed E-state index contributed by atoms with van der Waals surface area (Å²) in [4.78, 5) is 14.2. The summed E-state index contributed by atoms with van der Waals surface area (Å²) in [6, 6.07) is 8.24. The largest absolute Gasteiger partial charge is 0.494 e. The molecule has 0 aliphatic heterocycles. The van der Waals surface area contributed by atoms with Crippen LogP contribution in [-0.4, -0.2) is 31.2 Å². The minimum atomic E-state index is -0.291. The molecule has 0 bridgehead atoms. The highest BCUT2D eigenvalue weighted by Gasteiger charge is 2.23. The van der Waals surface area contributed by atoms with E-state index in [2.05, 4.69) is 27.4 Å². The Labute approximate surface area is 155 Å². The van der Waals surface area contributed by atoms with Gasteiger partial charge in [0.2, 0.25) is 6.41 Å². The van der Waals surface area contributed by atoms with Gasteiger partial charge < -0.3 is 15.8 Å². The molecule has 2 rings (SSSR count). The molecular formula is C19H31FN2O4. The Morgan fingerprint density at radius 2 is 1.85 bits per heavy atom. The first-order valence-corrected chi connectivity index (χ1v) is 9.02. The molecule has 0 unspecified atom stereocenters. The SMILES string of the molecule is CC(C)(N)CNC=O.CCOc1ccc(C2CCC(OOF)CC2)cc1. The normalized spacial score (nSPS) is 19.9. The van der Waals surface area contributed by atoms with Crippen molar-refractivity contribution in [2.45, 2.75) is 64.0 Å². The number of carbonyl (C=O) groups excluding carboxylic acids is 1. The van der Waals surface area contributed by atoms with E-state index in [9.17, 15) is 9.32 Å². The Morgan fingerprint density at radius 3 is 2.27 bits per heavy atom.